The molecule has 1 aliphatic heterocycles. The number of rotatable bonds is 5. The van der Waals surface area contributed by atoms with E-state index in [1.807, 2.05) is 31.2 Å². The lowest BCUT2D eigenvalue weighted by molar-refractivity contribution is 0.102. The molecule has 3 aromatic carbocycles. The van der Waals surface area contributed by atoms with Crippen molar-refractivity contribution in [2.24, 2.45) is 0 Å². The number of hydrogen-bond acceptors (Lipinski definition) is 5. The van der Waals surface area contributed by atoms with Crippen LogP contribution in [0.15, 0.2) is 71.5 Å². The molecular weight excluding hydrogens is 428 g/mol. The van der Waals surface area contributed by atoms with E-state index < -0.39 is 0 Å². The summed E-state index contributed by atoms with van der Waals surface area (Å²) in [5, 5.41) is 3.36. The van der Waals surface area contributed by atoms with Crippen LogP contribution in [-0.2, 0) is 0 Å². The lowest BCUT2D eigenvalue weighted by atomic mass is 10.1. The Labute approximate surface area is 197 Å². The van der Waals surface area contributed by atoms with Gasteiger partial charge in [0.1, 0.15) is 5.75 Å². The summed E-state index contributed by atoms with van der Waals surface area (Å²) in [6, 6.07) is 20.0. The van der Waals surface area contributed by atoms with Gasteiger partial charge in [-0.3, -0.25) is 9.59 Å². The third kappa shape index (κ3) is 4.12. The minimum Gasteiger partial charge on any atom is -0.497 e. The number of ether oxygens (including phenoxy) is 1. The van der Waals surface area contributed by atoms with Crippen LogP contribution in [0, 0.1) is 6.92 Å². The molecule has 5 rings (SSSR count). The van der Waals surface area contributed by atoms with Crippen LogP contribution in [0.5, 0.6) is 5.75 Å². The van der Waals surface area contributed by atoms with E-state index in [2.05, 4.69) is 10.2 Å². The van der Waals surface area contributed by atoms with Crippen LogP contribution >= 0.6 is 0 Å². The Kier molecular flexibility index (Phi) is 5.76. The molecule has 0 aliphatic carbocycles. The van der Waals surface area contributed by atoms with Gasteiger partial charge >= 0.3 is 0 Å². The molecule has 7 heteroatoms. The Balaban J connectivity index is 1.56. The first-order chi connectivity index (χ1) is 16.5. The predicted octanol–water partition coefficient (Wildman–Crippen LogP) is 4.56. The van der Waals surface area contributed by atoms with Gasteiger partial charge < -0.3 is 15.0 Å². The van der Waals surface area contributed by atoms with E-state index >= 15 is 0 Å². The zero-order chi connectivity index (χ0) is 23.7. The summed E-state index contributed by atoms with van der Waals surface area (Å²) in [4.78, 5) is 33.5. The van der Waals surface area contributed by atoms with Crippen molar-refractivity contribution in [1.29, 1.82) is 0 Å². The van der Waals surface area contributed by atoms with Crippen molar-refractivity contribution in [2.75, 3.05) is 30.4 Å². The van der Waals surface area contributed by atoms with Gasteiger partial charge in [-0.15, -0.1) is 0 Å². The highest BCUT2D eigenvalue weighted by molar-refractivity contribution is 6.06. The SMILES string of the molecule is COc1ccc(NC(=O)c2ccc3c(=O)n(-c4ccc(C)cc4)c(N4CCCC4)nc3c2)cc1. The maximum absolute atomic E-state index is 13.6. The average Bonchev–Trinajstić information content (AvgIpc) is 3.40. The van der Waals surface area contributed by atoms with Crippen molar-refractivity contribution in [2.45, 2.75) is 19.8 Å². The Morgan fingerprint density at radius 3 is 2.35 bits per heavy atom. The maximum atomic E-state index is 13.6. The molecule has 0 spiro atoms. The summed E-state index contributed by atoms with van der Waals surface area (Å²) in [6.07, 6.45) is 2.12. The molecule has 1 aliphatic rings. The van der Waals surface area contributed by atoms with Gasteiger partial charge in [0, 0.05) is 24.3 Å². The molecule has 7 nitrogen and oxygen atoms in total. The number of carbonyl (C=O) groups is 1. The Bertz CT molecular complexity index is 1400. The second kappa shape index (κ2) is 9.02. The van der Waals surface area contributed by atoms with E-state index in [0.717, 1.165) is 37.2 Å². The topological polar surface area (TPSA) is 76.5 Å². The van der Waals surface area contributed by atoms with Crippen LogP contribution in [0.1, 0.15) is 28.8 Å². The zero-order valence-corrected chi connectivity index (χ0v) is 19.2. The minimum absolute atomic E-state index is 0.141. The van der Waals surface area contributed by atoms with Crippen molar-refractivity contribution in [1.82, 2.24) is 9.55 Å². The first-order valence-corrected chi connectivity index (χ1v) is 11.4. The van der Waals surface area contributed by atoms with Gasteiger partial charge in [-0.1, -0.05) is 17.7 Å². The molecule has 1 aromatic heterocycles. The number of aromatic nitrogens is 2. The van der Waals surface area contributed by atoms with E-state index in [1.165, 1.54) is 0 Å². The molecule has 0 radical (unpaired) electrons. The van der Waals surface area contributed by atoms with Crippen LogP contribution in [0.25, 0.3) is 16.6 Å². The summed E-state index contributed by atoms with van der Waals surface area (Å²) in [5.41, 5.74) is 3.38. The van der Waals surface area contributed by atoms with Crippen LogP contribution in [-0.4, -0.2) is 35.7 Å². The number of aryl methyl sites for hydroxylation is 1. The number of carbonyl (C=O) groups excluding carboxylic acids is 1. The Hall–Kier alpha value is -4.13. The maximum Gasteiger partial charge on any atom is 0.267 e. The number of amides is 1. The Morgan fingerprint density at radius 1 is 0.971 bits per heavy atom. The summed E-state index contributed by atoms with van der Waals surface area (Å²) in [7, 11) is 1.60. The van der Waals surface area contributed by atoms with Crippen LogP contribution < -0.4 is 20.5 Å². The van der Waals surface area contributed by atoms with Crippen molar-refractivity contribution in [3.8, 4) is 11.4 Å². The lowest BCUT2D eigenvalue weighted by Gasteiger charge is -2.22. The number of nitrogens with zero attached hydrogens (tertiary/aromatic N) is 3. The molecule has 0 bridgehead atoms. The van der Waals surface area contributed by atoms with E-state index in [4.69, 9.17) is 9.72 Å². The van der Waals surface area contributed by atoms with Gasteiger partial charge in [0.05, 0.1) is 23.7 Å². The fourth-order valence-electron chi connectivity index (χ4n) is 4.25. The van der Waals surface area contributed by atoms with Gasteiger partial charge in [-0.05, 0) is 74.4 Å². The van der Waals surface area contributed by atoms with Crippen molar-refractivity contribution < 1.29 is 9.53 Å². The molecule has 1 N–H and O–H groups in total. The molecule has 34 heavy (non-hydrogen) atoms. The Morgan fingerprint density at radius 2 is 1.68 bits per heavy atom. The second-order valence-corrected chi connectivity index (χ2v) is 8.50. The molecule has 172 valence electrons. The first kappa shape index (κ1) is 21.7. The third-order valence-corrected chi connectivity index (χ3v) is 6.14. The molecule has 0 atom stereocenters. The van der Waals surface area contributed by atoms with Gasteiger partial charge in [0.2, 0.25) is 5.95 Å². The quantitative estimate of drug-likeness (QED) is 0.479. The first-order valence-electron chi connectivity index (χ1n) is 11.4. The third-order valence-electron chi connectivity index (χ3n) is 6.14. The predicted molar refractivity (Wildman–Crippen MR) is 134 cm³/mol. The number of hydrogen-bond donors (Lipinski definition) is 1. The molecular formula is C27H26N4O3. The molecule has 0 saturated carbocycles. The second-order valence-electron chi connectivity index (χ2n) is 8.50. The number of anilines is 2. The van der Waals surface area contributed by atoms with E-state index in [9.17, 15) is 9.59 Å². The van der Waals surface area contributed by atoms with Crippen LogP contribution in [0.3, 0.4) is 0 Å². The van der Waals surface area contributed by atoms with E-state index in [0.29, 0.717) is 33.9 Å². The van der Waals surface area contributed by atoms with Gasteiger partial charge in [-0.25, -0.2) is 9.55 Å². The largest absolute Gasteiger partial charge is 0.497 e. The highest BCUT2D eigenvalue weighted by atomic mass is 16.5. The standard InChI is InChI=1S/C27H26N4O3/c1-18-5-10-21(11-6-18)31-26(33)23-14-7-19(17-24(23)29-27(31)30-15-3-4-16-30)25(32)28-20-8-12-22(34-2)13-9-20/h5-14,17H,3-4,15-16H2,1-2H3,(H,28,32). The van der Waals surface area contributed by atoms with Gasteiger partial charge in [0.15, 0.2) is 0 Å². The highest BCUT2D eigenvalue weighted by Crippen LogP contribution is 2.24. The number of benzene rings is 3. The van der Waals surface area contributed by atoms with E-state index in [-0.39, 0.29) is 11.5 Å². The smallest absolute Gasteiger partial charge is 0.267 e. The molecule has 1 fully saturated rings. The normalized spacial score (nSPS) is 13.3. The summed E-state index contributed by atoms with van der Waals surface area (Å²) in [6.45, 7) is 3.72. The number of nitrogens with one attached hydrogen (secondary N) is 1. The highest BCUT2D eigenvalue weighted by Gasteiger charge is 2.21. The van der Waals surface area contributed by atoms with E-state index in [1.54, 1.807) is 54.1 Å². The number of fused-ring (bicyclic) bond motifs is 1. The van der Waals surface area contributed by atoms with Gasteiger partial charge in [0.25, 0.3) is 11.5 Å². The lowest BCUT2D eigenvalue weighted by Crippen LogP contribution is -2.30. The molecule has 2 heterocycles. The number of methoxy groups -OCH3 is 1. The summed E-state index contributed by atoms with van der Waals surface area (Å²) in [5.74, 6) is 1.07. The van der Waals surface area contributed by atoms with Gasteiger partial charge in [-0.2, -0.15) is 0 Å². The van der Waals surface area contributed by atoms with Crippen molar-refractivity contribution >= 4 is 28.4 Å². The fraction of sp³-hybridized carbons (Fsp3) is 0.222. The molecule has 1 amide bonds. The van der Waals surface area contributed by atoms with Crippen molar-refractivity contribution in [3.05, 3.63) is 88.2 Å². The van der Waals surface area contributed by atoms with Crippen molar-refractivity contribution in [3.63, 3.8) is 0 Å². The van der Waals surface area contributed by atoms with Crippen LogP contribution in [0.2, 0.25) is 0 Å². The average molecular weight is 455 g/mol. The molecule has 0 unspecified atom stereocenters. The minimum atomic E-state index is -0.265. The molecule has 1 saturated heterocycles. The molecule has 4 aromatic rings. The fourth-order valence-corrected chi connectivity index (χ4v) is 4.25. The monoisotopic (exact) mass is 454 g/mol. The summed E-state index contributed by atoms with van der Waals surface area (Å²) < 4.78 is 6.85. The zero-order valence-electron chi connectivity index (χ0n) is 19.2. The summed E-state index contributed by atoms with van der Waals surface area (Å²) >= 11 is 0. The van der Waals surface area contributed by atoms with Crippen LogP contribution in [0.4, 0.5) is 11.6 Å².